The maximum absolute atomic E-state index is 13.4. The molecule has 2 aromatic rings. The van der Waals surface area contributed by atoms with E-state index in [-0.39, 0.29) is 28.1 Å². The molecule has 26 heavy (non-hydrogen) atoms. The van der Waals surface area contributed by atoms with Crippen LogP contribution in [0.4, 0.5) is 14.6 Å². The van der Waals surface area contributed by atoms with Gasteiger partial charge in [-0.05, 0) is 32.4 Å². The van der Waals surface area contributed by atoms with E-state index in [1.54, 1.807) is 0 Å². The van der Waals surface area contributed by atoms with E-state index in [2.05, 4.69) is 15.4 Å². The van der Waals surface area contributed by atoms with Crippen molar-refractivity contribution < 1.29 is 22.0 Å². The average Bonchev–Trinajstić information content (AvgIpc) is 2.93. The zero-order chi connectivity index (χ0) is 19.6. The van der Waals surface area contributed by atoms with Gasteiger partial charge in [0.05, 0.1) is 10.5 Å². The molecule has 0 bridgehead atoms. The first-order chi connectivity index (χ1) is 12.1. The molecule has 0 saturated heterocycles. The van der Waals surface area contributed by atoms with Crippen molar-refractivity contribution in [1.29, 1.82) is 0 Å². The normalized spacial score (nSPS) is 13.0. The van der Waals surface area contributed by atoms with Crippen LogP contribution in [-0.4, -0.2) is 41.3 Å². The molecule has 1 atom stereocenters. The number of halogens is 2. The van der Waals surface area contributed by atoms with Crippen molar-refractivity contribution in [2.45, 2.75) is 44.6 Å². The van der Waals surface area contributed by atoms with Crippen LogP contribution in [0, 0.1) is 0 Å². The Morgan fingerprint density at radius 1 is 1.35 bits per heavy atom. The summed E-state index contributed by atoms with van der Waals surface area (Å²) in [5.74, 6) is -0.315. The van der Waals surface area contributed by atoms with Crippen LogP contribution in [0.15, 0.2) is 23.2 Å². The molecule has 0 aliphatic carbocycles. The maximum atomic E-state index is 13.4. The topological polar surface area (TPSA) is 94.0 Å². The molecule has 2 heterocycles. The second-order valence-corrected chi connectivity index (χ2v) is 7.97. The molecule has 2 aromatic heterocycles. The number of pyridine rings is 1. The molecule has 0 saturated carbocycles. The molecule has 142 valence electrons. The number of nitrogens with zero attached hydrogens (tertiary/aromatic N) is 3. The smallest absolute Gasteiger partial charge is 0.282 e. The second kappa shape index (κ2) is 7.48. The number of nitrogens with one attached hydrogen (secondary N) is 1. The van der Waals surface area contributed by atoms with Gasteiger partial charge in [0, 0.05) is 18.5 Å². The summed E-state index contributed by atoms with van der Waals surface area (Å²) in [7, 11) is -3.45. The Morgan fingerprint density at radius 2 is 2.00 bits per heavy atom. The van der Waals surface area contributed by atoms with E-state index >= 15 is 0 Å². The van der Waals surface area contributed by atoms with Crippen molar-refractivity contribution in [2.24, 2.45) is 0 Å². The maximum Gasteiger partial charge on any atom is 0.282 e. The van der Waals surface area contributed by atoms with Crippen LogP contribution in [0.25, 0.3) is 5.82 Å². The van der Waals surface area contributed by atoms with Crippen LogP contribution >= 0.6 is 0 Å². The first kappa shape index (κ1) is 20.0. The van der Waals surface area contributed by atoms with Gasteiger partial charge in [-0.3, -0.25) is 4.79 Å². The summed E-state index contributed by atoms with van der Waals surface area (Å²) in [4.78, 5) is 16.0. The molecular formula is C16H20F2N4O3S. The summed E-state index contributed by atoms with van der Waals surface area (Å²) in [5.41, 5.74) is -0.841. The zero-order valence-electron chi connectivity index (χ0n) is 14.8. The Kier molecular flexibility index (Phi) is 5.74. The molecule has 0 radical (unpaired) electrons. The number of sulfone groups is 1. The number of carbonyl (C=O) groups is 1. The molecule has 1 N–H and O–H groups in total. The SMILES string of the molecule is CCC(C)Nc1c(C(C)=O)c(C(F)F)nn1-c1ccc(S(C)(=O)=O)cn1. The molecule has 10 heteroatoms. The fraction of sp³-hybridized carbons (Fsp3) is 0.438. The Morgan fingerprint density at radius 3 is 2.42 bits per heavy atom. The summed E-state index contributed by atoms with van der Waals surface area (Å²) >= 11 is 0. The van der Waals surface area contributed by atoms with E-state index in [0.717, 1.165) is 17.1 Å². The van der Waals surface area contributed by atoms with E-state index in [4.69, 9.17) is 0 Å². The van der Waals surface area contributed by atoms with Gasteiger partial charge in [-0.2, -0.15) is 9.78 Å². The Bertz CT molecular complexity index is 908. The number of hydrogen-bond acceptors (Lipinski definition) is 6. The van der Waals surface area contributed by atoms with Gasteiger partial charge in [0.25, 0.3) is 6.43 Å². The molecular weight excluding hydrogens is 366 g/mol. The van der Waals surface area contributed by atoms with Gasteiger partial charge in [0.2, 0.25) is 0 Å². The van der Waals surface area contributed by atoms with Crippen LogP contribution < -0.4 is 5.32 Å². The first-order valence-corrected chi connectivity index (χ1v) is 9.80. The van der Waals surface area contributed by atoms with Crippen molar-refractivity contribution in [3.63, 3.8) is 0 Å². The van der Waals surface area contributed by atoms with Gasteiger partial charge in [-0.1, -0.05) is 6.92 Å². The molecule has 2 rings (SSSR count). The Labute approximate surface area is 150 Å². The summed E-state index contributed by atoms with van der Waals surface area (Å²) < 4.78 is 51.0. The van der Waals surface area contributed by atoms with E-state index in [1.807, 2.05) is 13.8 Å². The third-order valence-corrected chi connectivity index (χ3v) is 4.93. The lowest BCUT2D eigenvalue weighted by molar-refractivity contribution is 0.0998. The lowest BCUT2D eigenvalue weighted by atomic mass is 10.1. The molecule has 0 spiro atoms. The molecule has 0 amide bonds. The minimum Gasteiger partial charge on any atom is -0.367 e. The number of aromatic nitrogens is 3. The largest absolute Gasteiger partial charge is 0.367 e. The van der Waals surface area contributed by atoms with Gasteiger partial charge in [-0.25, -0.2) is 22.2 Å². The van der Waals surface area contributed by atoms with Crippen LogP contribution in [-0.2, 0) is 9.84 Å². The third kappa shape index (κ3) is 4.06. The lowest BCUT2D eigenvalue weighted by Crippen LogP contribution is -2.18. The molecule has 1 unspecified atom stereocenters. The number of hydrogen-bond donors (Lipinski definition) is 1. The van der Waals surface area contributed by atoms with Crippen molar-refractivity contribution in [3.05, 3.63) is 29.6 Å². The zero-order valence-corrected chi connectivity index (χ0v) is 15.6. The number of ketones is 1. The number of rotatable bonds is 7. The van der Waals surface area contributed by atoms with Crippen molar-refractivity contribution in [2.75, 3.05) is 11.6 Å². The van der Waals surface area contributed by atoms with Gasteiger partial charge >= 0.3 is 0 Å². The number of anilines is 1. The van der Waals surface area contributed by atoms with Crippen LogP contribution in [0.2, 0.25) is 0 Å². The van der Waals surface area contributed by atoms with Gasteiger partial charge in [0.15, 0.2) is 21.4 Å². The number of Topliss-reactive ketones (excluding diaryl/α,β-unsaturated/α-hetero) is 1. The fourth-order valence-electron chi connectivity index (χ4n) is 2.29. The van der Waals surface area contributed by atoms with Gasteiger partial charge in [-0.15, -0.1) is 0 Å². The fourth-order valence-corrected chi connectivity index (χ4v) is 2.85. The van der Waals surface area contributed by atoms with Crippen LogP contribution in [0.1, 0.15) is 49.7 Å². The lowest BCUT2D eigenvalue weighted by Gasteiger charge is -2.15. The van der Waals surface area contributed by atoms with Crippen molar-refractivity contribution in [1.82, 2.24) is 14.8 Å². The Hall–Kier alpha value is -2.36. The van der Waals surface area contributed by atoms with Crippen LogP contribution in [0.5, 0.6) is 0 Å². The van der Waals surface area contributed by atoms with Crippen LogP contribution in [0.3, 0.4) is 0 Å². The number of carbonyl (C=O) groups excluding carboxylic acids is 1. The van der Waals surface area contributed by atoms with Crippen molar-refractivity contribution in [3.8, 4) is 5.82 Å². The predicted molar refractivity (Wildman–Crippen MR) is 92.8 cm³/mol. The van der Waals surface area contributed by atoms with Gasteiger partial charge < -0.3 is 5.32 Å². The summed E-state index contributed by atoms with van der Waals surface area (Å²) in [5, 5.41) is 6.87. The van der Waals surface area contributed by atoms with Crippen molar-refractivity contribution >= 4 is 21.4 Å². The minimum atomic E-state index is -3.45. The third-order valence-electron chi connectivity index (χ3n) is 3.83. The average molecular weight is 386 g/mol. The van der Waals surface area contributed by atoms with E-state index < -0.39 is 27.7 Å². The molecule has 0 aliphatic heterocycles. The van der Waals surface area contributed by atoms with E-state index in [9.17, 15) is 22.0 Å². The summed E-state index contributed by atoms with van der Waals surface area (Å²) in [6.45, 7) is 4.93. The Balaban J connectivity index is 2.66. The van der Waals surface area contributed by atoms with E-state index in [1.165, 1.54) is 19.1 Å². The quantitative estimate of drug-likeness (QED) is 0.735. The molecule has 0 aliphatic rings. The second-order valence-electron chi connectivity index (χ2n) is 5.96. The monoisotopic (exact) mass is 386 g/mol. The summed E-state index contributed by atoms with van der Waals surface area (Å²) in [6, 6.07) is 2.55. The molecule has 0 fully saturated rings. The molecule has 7 nitrogen and oxygen atoms in total. The highest BCUT2D eigenvalue weighted by Gasteiger charge is 2.28. The van der Waals surface area contributed by atoms with E-state index in [0.29, 0.717) is 6.42 Å². The minimum absolute atomic E-state index is 0.00860. The highest BCUT2D eigenvalue weighted by atomic mass is 32.2. The first-order valence-electron chi connectivity index (χ1n) is 7.91. The number of alkyl halides is 2. The molecule has 0 aromatic carbocycles. The standard InChI is InChI=1S/C16H20F2N4O3S/c1-5-9(2)20-16-13(10(3)23)14(15(17)18)21-22(16)12-7-6-11(8-19-12)26(4,24)25/h6-9,15,20H,5H2,1-4H3. The predicted octanol–water partition coefficient (Wildman–Crippen LogP) is 3.02. The highest BCUT2D eigenvalue weighted by molar-refractivity contribution is 7.90. The van der Waals surface area contributed by atoms with Gasteiger partial charge in [0.1, 0.15) is 11.5 Å². The highest BCUT2D eigenvalue weighted by Crippen LogP contribution is 2.31. The summed E-state index contributed by atoms with van der Waals surface area (Å²) in [6.07, 6.45) is -0.0964.